The Morgan fingerprint density at radius 1 is 1.27 bits per heavy atom. The first-order valence-corrected chi connectivity index (χ1v) is 5.76. The smallest absolute Gasteiger partial charge is 0.212 e. The number of alkyl halides is 1. The van der Waals surface area contributed by atoms with Crippen LogP contribution in [0.15, 0.2) is 0 Å². The van der Waals surface area contributed by atoms with Crippen molar-refractivity contribution in [3.63, 3.8) is 0 Å². The largest absolute Gasteiger partial charge is 0.215 e. The highest BCUT2D eigenvalue weighted by Gasteiger charge is 2.16. The molecule has 0 heterocycles. The van der Waals surface area contributed by atoms with Gasteiger partial charge in [0.2, 0.25) is 10.0 Å². The van der Waals surface area contributed by atoms with Crippen molar-refractivity contribution in [2.75, 3.05) is 24.7 Å². The minimum Gasteiger partial charge on any atom is -0.212 e. The number of hydrogen-bond acceptors (Lipinski definition) is 2. The minimum absolute atomic E-state index is 0.0379. The van der Waals surface area contributed by atoms with Gasteiger partial charge in [-0.05, 0) is 0 Å². The summed E-state index contributed by atoms with van der Waals surface area (Å²) in [6.45, 7) is 4.68. The molecule has 5 heteroatoms. The van der Waals surface area contributed by atoms with E-state index in [1.54, 1.807) is 0 Å². The average molecular weight is 200 g/mol. The Hall–Kier alpha value is 0.200. The molecule has 0 amide bonds. The minimum atomic E-state index is -3.07. The highest BCUT2D eigenvalue weighted by molar-refractivity contribution is 7.89. The van der Waals surface area contributed by atoms with E-state index in [0.29, 0.717) is 13.1 Å². The number of rotatable bonds is 5. The predicted molar refractivity (Wildman–Crippen MR) is 47.4 cm³/mol. The molecule has 0 rings (SSSR count). The van der Waals surface area contributed by atoms with Crippen molar-refractivity contribution in [3.8, 4) is 0 Å². The van der Waals surface area contributed by atoms with Gasteiger partial charge in [-0.2, -0.15) is 0 Å². The summed E-state index contributed by atoms with van der Waals surface area (Å²) in [6, 6.07) is 0. The van der Waals surface area contributed by atoms with Gasteiger partial charge in [-0.3, -0.25) is 0 Å². The Kier molecular flexibility index (Phi) is 5.04. The molecule has 0 aliphatic heterocycles. The summed E-state index contributed by atoms with van der Waals surface area (Å²) in [5.41, 5.74) is 0. The second-order valence-electron chi connectivity index (χ2n) is 2.09. The molecule has 0 bridgehead atoms. The topological polar surface area (TPSA) is 37.4 Å². The highest BCUT2D eigenvalue weighted by atomic mass is 35.5. The van der Waals surface area contributed by atoms with Gasteiger partial charge in [0.05, 0.1) is 5.75 Å². The zero-order valence-corrected chi connectivity index (χ0v) is 8.45. The Morgan fingerprint density at radius 2 is 1.73 bits per heavy atom. The highest BCUT2D eigenvalue weighted by Crippen LogP contribution is 2.00. The standard InChI is InChI=1S/C6H14ClNO2S/c1-3-8(4-2)11(9,10)6-5-7/h3-6H2,1-2H3. The van der Waals surface area contributed by atoms with Crippen molar-refractivity contribution < 1.29 is 8.42 Å². The molecule has 0 aliphatic carbocycles. The fraction of sp³-hybridized carbons (Fsp3) is 1.00. The average Bonchev–Trinajstić information content (AvgIpc) is 1.89. The number of nitrogens with zero attached hydrogens (tertiary/aromatic N) is 1. The van der Waals surface area contributed by atoms with Crippen molar-refractivity contribution in [2.24, 2.45) is 0 Å². The molecule has 0 aromatic carbocycles. The molecular formula is C6H14ClNO2S. The van der Waals surface area contributed by atoms with E-state index in [2.05, 4.69) is 0 Å². The lowest BCUT2D eigenvalue weighted by atomic mass is 10.7. The predicted octanol–water partition coefficient (Wildman–Crippen LogP) is 0.897. The first-order valence-electron chi connectivity index (χ1n) is 3.62. The maximum atomic E-state index is 11.2. The molecule has 0 saturated carbocycles. The van der Waals surface area contributed by atoms with Gasteiger partial charge in [0.1, 0.15) is 0 Å². The second-order valence-corrected chi connectivity index (χ2v) is 4.56. The van der Waals surface area contributed by atoms with Gasteiger partial charge in [-0.25, -0.2) is 12.7 Å². The Labute approximate surface area is 73.4 Å². The zero-order chi connectivity index (χ0) is 8.91. The van der Waals surface area contributed by atoms with Crippen molar-refractivity contribution in [1.29, 1.82) is 0 Å². The van der Waals surface area contributed by atoms with E-state index in [1.165, 1.54) is 4.31 Å². The first-order chi connectivity index (χ1) is 5.08. The summed E-state index contributed by atoms with van der Waals surface area (Å²) in [6.07, 6.45) is 0. The van der Waals surface area contributed by atoms with Crippen LogP contribution in [0, 0.1) is 0 Å². The van der Waals surface area contributed by atoms with Crippen LogP contribution >= 0.6 is 11.6 Å². The molecule has 68 valence electrons. The van der Waals surface area contributed by atoms with Crippen LogP contribution in [0.3, 0.4) is 0 Å². The quantitative estimate of drug-likeness (QED) is 0.617. The van der Waals surface area contributed by atoms with Crippen LogP contribution in [-0.2, 0) is 10.0 Å². The summed E-state index contributed by atoms with van der Waals surface area (Å²) < 4.78 is 23.9. The Bertz CT molecular complexity index is 187. The summed E-state index contributed by atoms with van der Waals surface area (Å²) in [4.78, 5) is 0. The van der Waals surface area contributed by atoms with Gasteiger partial charge in [-0.1, -0.05) is 13.8 Å². The molecule has 0 fully saturated rings. The van der Waals surface area contributed by atoms with E-state index in [0.717, 1.165) is 0 Å². The Morgan fingerprint density at radius 3 is 2.00 bits per heavy atom. The van der Waals surface area contributed by atoms with E-state index in [1.807, 2.05) is 13.8 Å². The summed E-state index contributed by atoms with van der Waals surface area (Å²) in [5.74, 6) is 0.203. The third-order valence-electron chi connectivity index (χ3n) is 1.43. The molecule has 0 aliphatic rings. The van der Waals surface area contributed by atoms with E-state index in [9.17, 15) is 8.42 Å². The number of hydrogen-bond donors (Lipinski definition) is 0. The second kappa shape index (κ2) is 4.95. The van der Waals surface area contributed by atoms with Crippen LogP contribution in [0.1, 0.15) is 13.8 Å². The van der Waals surface area contributed by atoms with Crippen LogP contribution in [0.2, 0.25) is 0 Å². The zero-order valence-electron chi connectivity index (χ0n) is 6.88. The van der Waals surface area contributed by atoms with Gasteiger partial charge >= 0.3 is 0 Å². The van der Waals surface area contributed by atoms with Gasteiger partial charge < -0.3 is 0 Å². The monoisotopic (exact) mass is 199 g/mol. The Balaban J connectivity index is 4.26. The van der Waals surface area contributed by atoms with Crippen molar-refractivity contribution in [1.82, 2.24) is 4.31 Å². The van der Waals surface area contributed by atoms with Gasteiger partial charge in [0.15, 0.2) is 0 Å². The molecule has 3 nitrogen and oxygen atoms in total. The van der Waals surface area contributed by atoms with Gasteiger partial charge in [-0.15, -0.1) is 11.6 Å². The molecule has 11 heavy (non-hydrogen) atoms. The lowest BCUT2D eigenvalue weighted by Gasteiger charge is -2.16. The third-order valence-corrected chi connectivity index (χ3v) is 3.87. The van der Waals surface area contributed by atoms with Crippen LogP contribution in [0.25, 0.3) is 0 Å². The number of sulfonamides is 1. The SMILES string of the molecule is CCN(CC)S(=O)(=O)CCCl. The van der Waals surface area contributed by atoms with Crippen LogP contribution < -0.4 is 0 Å². The van der Waals surface area contributed by atoms with E-state index in [-0.39, 0.29) is 11.6 Å². The normalized spacial score (nSPS) is 12.4. The molecule has 0 radical (unpaired) electrons. The summed E-state index contributed by atoms with van der Waals surface area (Å²) >= 11 is 5.34. The molecule has 0 aromatic rings. The van der Waals surface area contributed by atoms with Crippen LogP contribution in [0.4, 0.5) is 0 Å². The van der Waals surface area contributed by atoms with Crippen molar-refractivity contribution in [2.45, 2.75) is 13.8 Å². The molecule has 0 saturated heterocycles. The lowest BCUT2D eigenvalue weighted by molar-refractivity contribution is 0.446. The summed E-state index contributed by atoms with van der Waals surface area (Å²) in [5, 5.41) is 0. The maximum absolute atomic E-state index is 11.2. The van der Waals surface area contributed by atoms with Gasteiger partial charge in [0.25, 0.3) is 0 Å². The molecular weight excluding hydrogens is 186 g/mol. The molecule has 0 unspecified atom stereocenters. The van der Waals surface area contributed by atoms with E-state index >= 15 is 0 Å². The lowest BCUT2D eigenvalue weighted by Crippen LogP contribution is -2.33. The molecule has 0 atom stereocenters. The number of halogens is 1. The first kappa shape index (κ1) is 11.2. The van der Waals surface area contributed by atoms with E-state index in [4.69, 9.17) is 11.6 Å². The van der Waals surface area contributed by atoms with Gasteiger partial charge in [0, 0.05) is 19.0 Å². The summed E-state index contributed by atoms with van der Waals surface area (Å²) in [7, 11) is -3.07. The van der Waals surface area contributed by atoms with Crippen molar-refractivity contribution >= 4 is 21.6 Å². The molecule has 0 spiro atoms. The third kappa shape index (κ3) is 3.40. The van der Waals surface area contributed by atoms with Crippen LogP contribution in [0.5, 0.6) is 0 Å². The van der Waals surface area contributed by atoms with Crippen molar-refractivity contribution in [3.05, 3.63) is 0 Å². The van der Waals surface area contributed by atoms with E-state index < -0.39 is 10.0 Å². The molecule has 0 aromatic heterocycles. The fourth-order valence-corrected chi connectivity index (χ4v) is 2.67. The fourth-order valence-electron chi connectivity index (χ4n) is 0.844. The molecule has 0 N–H and O–H groups in total. The van der Waals surface area contributed by atoms with Crippen LogP contribution in [-0.4, -0.2) is 37.4 Å². The maximum Gasteiger partial charge on any atom is 0.215 e.